The number of carbonyl (C=O) groups is 1. The molecule has 0 saturated heterocycles. The minimum Gasteiger partial charge on any atom is -0.491 e. The average molecular weight is 350 g/mol. The van der Waals surface area contributed by atoms with Crippen LogP contribution in [0.1, 0.15) is 24.0 Å². The van der Waals surface area contributed by atoms with Crippen LogP contribution in [-0.4, -0.2) is 31.2 Å². The maximum atomic E-state index is 12.0. The summed E-state index contributed by atoms with van der Waals surface area (Å²) in [6.07, 6.45) is 1.35. The summed E-state index contributed by atoms with van der Waals surface area (Å²) >= 11 is 0. The number of carbonyl (C=O) groups excluding carboxylic acids is 1. The van der Waals surface area contributed by atoms with Crippen LogP contribution in [0.25, 0.3) is 0 Å². The molecule has 2 aromatic carbocycles. The van der Waals surface area contributed by atoms with Crippen LogP contribution in [0.3, 0.4) is 0 Å². The summed E-state index contributed by atoms with van der Waals surface area (Å²) in [5.41, 5.74) is 1.50. The van der Waals surface area contributed by atoms with Crippen molar-refractivity contribution in [2.75, 3.05) is 20.2 Å². The summed E-state index contributed by atoms with van der Waals surface area (Å²) in [5, 5.41) is 9.40. The molecule has 0 unspecified atom stereocenters. The second-order valence-corrected chi connectivity index (χ2v) is 6.50. The Kier molecular flexibility index (Phi) is 5.43. The molecule has 0 bridgehead atoms. The molecule has 0 heterocycles. The zero-order chi connectivity index (χ0) is 18.4. The standard InChI is InChI=1S/C21H22N2O3/c1-23(20(24)26-15-17-7-3-2-4-8-17)13-14-25-19-10-6-5-9-18(19)21(16-22)11-12-21/h2-10H,11-15H2,1H3. The first kappa shape index (κ1) is 17.8. The molecule has 0 radical (unpaired) electrons. The van der Waals surface area contributed by atoms with E-state index in [1.165, 1.54) is 4.90 Å². The predicted octanol–water partition coefficient (Wildman–Crippen LogP) is 3.89. The molecule has 5 nitrogen and oxygen atoms in total. The highest BCUT2D eigenvalue weighted by Gasteiger charge is 2.46. The lowest BCUT2D eigenvalue weighted by Gasteiger charge is -2.19. The van der Waals surface area contributed by atoms with E-state index in [-0.39, 0.29) is 12.7 Å². The van der Waals surface area contributed by atoms with Crippen molar-refractivity contribution in [2.45, 2.75) is 24.9 Å². The highest BCUT2D eigenvalue weighted by atomic mass is 16.6. The van der Waals surface area contributed by atoms with Crippen molar-refractivity contribution < 1.29 is 14.3 Å². The molecule has 0 N–H and O–H groups in total. The van der Waals surface area contributed by atoms with Crippen molar-refractivity contribution >= 4 is 6.09 Å². The van der Waals surface area contributed by atoms with Gasteiger partial charge in [0.25, 0.3) is 0 Å². The third kappa shape index (κ3) is 4.15. The summed E-state index contributed by atoms with van der Waals surface area (Å²) < 4.78 is 11.1. The maximum Gasteiger partial charge on any atom is 0.409 e. The molecule has 0 aromatic heterocycles. The van der Waals surface area contributed by atoms with E-state index in [0.717, 1.165) is 29.7 Å². The van der Waals surface area contributed by atoms with Gasteiger partial charge < -0.3 is 14.4 Å². The quantitative estimate of drug-likeness (QED) is 0.760. The van der Waals surface area contributed by atoms with Gasteiger partial charge in [0.1, 0.15) is 19.0 Å². The number of nitriles is 1. The molecule has 2 aromatic rings. The summed E-state index contributed by atoms with van der Waals surface area (Å²) in [6, 6.07) is 19.6. The zero-order valence-corrected chi connectivity index (χ0v) is 14.9. The van der Waals surface area contributed by atoms with Crippen molar-refractivity contribution in [3.63, 3.8) is 0 Å². The van der Waals surface area contributed by atoms with Gasteiger partial charge >= 0.3 is 6.09 Å². The van der Waals surface area contributed by atoms with E-state index in [4.69, 9.17) is 9.47 Å². The van der Waals surface area contributed by atoms with Crippen molar-refractivity contribution in [1.82, 2.24) is 4.90 Å². The van der Waals surface area contributed by atoms with Crippen molar-refractivity contribution in [3.05, 3.63) is 65.7 Å². The molecule has 5 heteroatoms. The molecule has 0 spiro atoms. The smallest absolute Gasteiger partial charge is 0.409 e. The number of rotatable bonds is 7. The second-order valence-electron chi connectivity index (χ2n) is 6.50. The number of nitrogens with zero attached hydrogens (tertiary/aromatic N) is 2. The van der Waals surface area contributed by atoms with Crippen LogP contribution >= 0.6 is 0 Å². The summed E-state index contributed by atoms with van der Waals surface area (Å²) in [6.45, 7) is 0.995. The first-order chi connectivity index (χ1) is 12.6. The maximum absolute atomic E-state index is 12.0. The van der Waals surface area contributed by atoms with Crippen LogP contribution in [0.15, 0.2) is 54.6 Å². The molecule has 26 heavy (non-hydrogen) atoms. The lowest BCUT2D eigenvalue weighted by Crippen LogP contribution is -2.31. The summed E-state index contributed by atoms with van der Waals surface area (Å²) in [7, 11) is 1.68. The molecule has 1 fully saturated rings. The summed E-state index contributed by atoms with van der Waals surface area (Å²) in [5.74, 6) is 0.720. The first-order valence-electron chi connectivity index (χ1n) is 8.70. The fourth-order valence-corrected chi connectivity index (χ4v) is 2.77. The molecular weight excluding hydrogens is 328 g/mol. The Morgan fingerprint density at radius 2 is 1.85 bits per heavy atom. The Bertz CT molecular complexity index is 794. The van der Waals surface area contributed by atoms with E-state index < -0.39 is 5.41 Å². The predicted molar refractivity (Wildman–Crippen MR) is 97.7 cm³/mol. The third-order valence-corrected chi connectivity index (χ3v) is 4.57. The number of amides is 1. The molecule has 1 amide bonds. The average Bonchev–Trinajstić information content (AvgIpc) is 3.48. The number of hydrogen-bond donors (Lipinski definition) is 0. The number of para-hydroxylation sites is 1. The van der Waals surface area contributed by atoms with Gasteiger partial charge in [0.05, 0.1) is 18.0 Å². The Balaban J connectivity index is 1.48. The van der Waals surface area contributed by atoms with Crippen molar-refractivity contribution in [3.8, 4) is 11.8 Å². The van der Waals surface area contributed by atoms with E-state index in [2.05, 4.69) is 6.07 Å². The summed E-state index contributed by atoms with van der Waals surface area (Å²) in [4.78, 5) is 13.5. The Morgan fingerprint density at radius 3 is 2.54 bits per heavy atom. The minimum absolute atomic E-state index is 0.248. The second kappa shape index (κ2) is 7.92. The molecule has 1 aliphatic rings. The molecule has 0 aliphatic heterocycles. The highest BCUT2D eigenvalue weighted by Crippen LogP contribution is 2.50. The SMILES string of the molecule is CN(CCOc1ccccc1C1(C#N)CC1)C(=O)OCc1ccccc1. The van der Waals surface area contributed by atoms with E-state index in [1.807, 2.05) is 54.6 Å². The van der Waals surface area contributed by atoms with Crippen LogP contribution < -0.4 is 4.74 Å². The van der Waals surface area contributed by atoms with Crippen LogP contribution in [0.4, 0.5) is 4.79 Å². The van der Waals surface area contributed by atoms with Gasteiger partial charge in [0.2, 0.25) is 0 Å². The molecule has 1 aliphatic carbocycles. The van der Waals surface area contributed by atoms with E-state index >= 15 is 0 Å². The van der Waals surface area contributed by atoms with Gasteiger partial charge in [0, 0.05) is 12.6 Å². The van der Waals surface area contributed by atoms with Crippen LogP contribution in [0, 0.1) is 11.3 Å². The van der Waals surface area contributed by atoms with Crippen LogP contribution in [0.5, 0.6) is 5.75 Å². The van der Waals surface area contributed by atoms with E-state index in [9.17, 15) is 10.1 Å². The van der Waals surface area contributed by atoms with Gasteiger partial charge in [0.15, 0.2) is 0 Å². The lowest BCUT2D eigenvalue weighted by molar-refractivity contribution is 0.0994. The molecule has 3 rings (SSSR count). The van der Waals surface area contributed by atoms with Crippen molar-refractivity contribution in [1.29, 1.82) is 5.26 Å². The van der Waals surface area contributed by atoms with Gasteiger partial charge in [-0.05, 0) is 24.5 Å². The molecule has 1 saturated carbocycles. The Morgan fingerprint density at radius 1 is 1.15 bits per heavy atom. The number of hydrogen-bond acceptors (Lipinski definition) is 4. The van der Waals surface area contributed by atoms with Gasteiger partial charge in [-0.25, -0.2) is 4.79 Å². The van der Waals surface area contributed by atoms with Gasteiger partial charge in [-0.2, -0.15) is 5.26 Å². The fraction of sp³-hybridized carbons (Fsp3) is 0.333. The van der Waals surface area contributed by atoms with Crippen molar-refractivity contribution in [2.24, 2.45) is 0 Å². The fourth-order valence-electron chi connectivity index (χ4n) is 2.77. The van der Waals surface area contributed by atoms with E-state index in [0.29, 0.717) is 13.2 Å². The highest BCUT2D eigenvalue weighted by molar-refractivity contribution is 5.67. The van der Waals surface area contributed by atoms with Crippen LogP contribution in [-0.2, 0) is 16.8 Å². The minimum atomic E-state index is -0.392. The first-order valence-corrected chi connectivity index (χ1v) is 8.70. The van der Waals surface area contributed by atoms with Gasteiger partial charge in [-0.1, -0.05) is 48.5 Å². The molecule has 134 valence electrons. The Hall–Kier alpha value is -3.00. The number of benzene rings is 2. The van der Waals surface area contributed by atoms with E-state index in [1.54, 1.807) is 7.05 Å². The molecular formula is C21H22N2O3. The number of ether oxygens (including phenoxy) is 2. The number of likely N-dealkylation sites (N-methyl/N-ethyl adjacent to an activating group) is 1. The third-order valence-electron chi connectivity index (χ3n) is 4.57. The molecule has 0 atom stereocenters. The topological polar surface area (TPSA) is 62.6 Å². The van der Waals surface area contributed by atoms with Gasteiger partial charge in [-0.3, -0.25) is 0 Å². The van der Waals surface area contributed by atoms with Gasteiger partial charge in [-0.15, -0.1) is 0 Å². The Labute approximate surface area is 153 Å². The zero-order valence-electron chi connectivity index (χ0n) is 14.9. The normalized spacial score (nSPS) is 14.2. The lowest BCUT2D eigenvalue weighted by atomic mass is 9.97. The van der Waals surface area contributed by atoms with Crippen LogP contribution in [0.2, 0.25) is 0 Å². The largest absolute Gasteiger partial charge is 0.491 e. The monoisotopic (exact) mass is 350 g/mol.